The van der Waals surface area contributed by atoms with Crippen LogP contribution in [-0.2, 0) is 11.3 Å². The molecule has 0 unspecified atom stereocenters. The molecule has 0 radical (unpaired) electrons. The van der Waals surface area contributed by atoms with E-state index in [1.807, 2.05) is 26.0 Å². The number of ether oxygens (including phenoxy) is 2. The second-order valence-corrected chi connectivity index (χ2v) is 6.98. The van der Waals surface area contributed by atoms with Crippen LogP contribution in [-0.4, -0.2) is 42.3 Å². The minimum atomic E-state index is -0.148. The van der Waals surface area contributed by atoms with Gasteiger partial charge >= 0.3 is 0 Å². The smallest absolute Gasteiger partial charge is 0.276 e. The maximum atomic E-state index is 12.6. The van der Waals surface area contributed by atoms with E-state index < -0.39 is 0 Å². The van der Waals surface area contributed by atoms with Crippen LogP contribution in [0.3, 0.4) is 0 Å². The molecule has 0 atom stereocenters. The Labute approximate surface area is 158 Å². The Morgan fingerprint density at radius 1 is 1.27 bits per heavy atom. The van der Waals surface area contributed by atoms with Gasteiger partial charge in [0.1, 0.15) is 12.4 Å². The number of rotatable bonds is 5. The molecule has 0 bridgehead atoms. The molecule has 2 aromatic rings. The molecule has 26 heavy (non-hydrogen) atoms. The fourth-order valence-electron chi connectivity index (χ4n) is 3.04. The van der Waals surface area contributed by atoms with Crippen LogP contribution >= 0.6 is 11.6 Å². The Hall–Kier alpha value is -2.05. The maximum absolute atomic E-state index is 12.6. The molecule has 0 N–H and O–H groups in total. The third kappa shape index (κ3) is 4.19. The summed E-state index contributed by atoms with van der Waals surface area (Å²) in [6.45, 7) is 5.42. The number of carbonyl (C=O) groups is 1. The lowest BCUT2D eigenvalue weighted by Gasteiger charge is -2.30. The molecule has 1 aliphatic rings. The van der Waals surface area contributed by atoms with E-state index in [0.717, 1.165) is 29.0 Å². The predicted molar refractivity (Wildman–Crippen MR) is 97.7 cm³/mol. The van der Waals surface area contributed by atoms with Gasteiger partial charge in [-0.05, 0) is 49.9 Å². The first-order chi connectivity index (χ1) is 12.5. The molecule has 1 aromatic carbocycles. The molecular formula is C19H23ClN2O4. The van der Waals surface area contributed by atoms with Gasteiger partial charge < -0.3 is 18.9 Å². The van der Waals surface area contributed by atoms with Crippen molar-refractivity contribution in [2.24, 2.45) is 0 Å². The van der Waals surface area contributed by atoms with Crippen molar-refractivity contribution < 1.29 is 18.8 Å². The SMILES string of the molecule is Cc1cc(OCc2cc(C(=O)N(C)C3CCOCC3)no2)cc(C)c1Cl. The van der Waals surface area contributed by atoms with Gasteiger partial charge in [0.05, 0.1) is 0 Å². The van der Waals surface area contributed by atoms with E-state index in [2.05, 4.69) is 5.16 Å². The van der Waals surface area contributed by atoms with Gasteiger partial charge in [-0.1, -0.05) is 16.8 Å². The zero-order chi connectivity index (χ0) is 18.7. The average molecular weight is 379 g/mol. The number of hydrogen-bond donors (Lipinski definition) is 0. The minimum Gasteiger partial charge on any atom is -0.486 e. The topological polar surface area (TPSA) is 64.8 Å². The molecule has 1 fully saturated rings. The van der Waals surface area contributed by atoms with E-state index in [-0.39, 0.29) is 18.6 Å². The quantitative estimate of drug-likeness (QED) is 0.792. The van der Waals surface area contributed by atoms with Crippen LogP contribution in [0.25, 0.3) is 0 Å². The fraction of sp³-hybridized carbons (Fsp3) is 0.474. The predicted octanol–water partition coefficient (Wildman–Crippen LogP) is 3.77. The number of aromatic nitrogens is 1. The molecule has 7 heteroatoms. The van der Waals surface area contributed by atoms with Gasteiger partial charge in [0.2, 0.25) is 0 Å². The van der Waals surface area contributed by atoms with Crippen molar-refractivity contribution in [2.45, 2.75) is 39.3 Å². The first-order valence-corrected chi connectivity index (χ1v) is 9.03. The van der Waals surface area contributed by atoms with Gasteiger partial charge in [-0.25, -0.2) is 0 Å². The van der Waals surface area contributed by atoms with E-state index in [9.17, 15) is 4.79 Å². The summed E-state index contributed by atoms with van der Waals surface area (Å²) >= 11 is 6.16. The monoisotopic (exact) mass is 378 g/mol. The average Bonchev–Trinajstić information content (AvgIpc) is 3.13. The highest BCUT2D eigenvalue weighted by molar-refractivity contribution is 6.32. The van der Waals surface area contributed by atoms with E-state index in [0.29, 0.717) is 30.4 Å². The number of nitrogens with zero attached hydrogens (tertiary/aromatic N) is 2. The van der Waals surface area contributed by atoms with Gasteiger partial charge in [0.25, 0.3) is 5.91 Å². The summed E-state index contributed by atoms with van der Waals surface area (Å²) in [5.74, 6) is 1.05. The summed E-state index contributed by atoms with van der Waals surface area (Å²) in [7, 11) is 1.79. The maximum Gasteiger partial charge on any atom is 0.276 e. The highest BCUT2D eigenvalue weighted by Crippen LogP contribution is 2.26. The molecule has 1 amide bonds. The van der Waals surface area contributed by atoms with Gasteiger partial charge in [-0.2, -0.15) is 0 Å². The molecule has 0 aliphatic carbocycles. The molecule has 1 aromatic heterocycles. The summed E-state index contributed by atoms with van der Waals surface area (Å²) in [5.41, 5.74) is 2.20. The zero-order valence-electron chi connectivity index (χ0n) is 15.3. The van der Waals surface area contributed by atoms with Crippen LogP contribution in [0.4, 0.5) is 0 Å². The number of aryl methyl sites for hydroxylation is 2. The summed E-state index contributed by atoms with van der Waals surface area (Å²) in [5, 5.41) is 4.63. The van der Waals surface area contributed by atoms with E-state index >= 15 is 0 Å². The van der Waals surface area contributed by atoms with Crippen molar-refractivity contribution in [3.63, 3.8) is 0 Å². The van der Waals surface area contributed by atoms with Crippen molar-refractivity contribution >= 4 is 17.5 Å². The summed E-state index contributed by atoms with van der Waals surface area (Å²) in [6.07, 6.45) is 1.68. The summed E-state index contributed by atoms with van der Waals surface area (Å²) in [6, 6.07) is 5.55. The van der Waals surface area contributed by atoms with Crippen molar-refractivity contribution in [3.05, 3.63) is 45.8 Å². The van der Waals surface area contributed by atoms with Crippen LogP contribution in [0.2, 0.25) is 5.02 Å². The molecule has 1 aliphatic heterocycles. The van der Waals surface area contributed by atoms with Gasteiger partial charge in [0, 0.05) is 37.4 Å². The lowest BCUT2D eigenvalue weighted by atomic mass is 10.1. The second kappa shape index (κ2) is 8.10. The molecule has 0 spiro atoms. The molecule has 0 saturated carbocycles. The van der Waals surface area contributed by atoms with Crippen LogP contribution < -0.4 is 4.74 Å². The largest absolute Gasteiger partial charge is 0.486 e. The van der Waals surface area contributed by atoms with Crippen LogP contribution in [0.15, 0.2) is 22.7 Å². The van der Waals surface area contributed by atoms with Crippen LogP contribution in [0, 0.1) is 13.8 Å². The molecular weight excluding hydrogens is 356 g/mol. The first-order valence-electron chi connectivity index (χ1n) is 8.65. The highest BCUT2D eigenvalue weighted by atomic mass is 35.5. The molecule has 1 saturated heterocycles. The number of amides is 1. The number of halogens is 1. The van der Waals surface area contributed by atoms with Gasteiger partial charge in [-0.15, -0.1) is 0 Å². The van der Waals surface area contributed by atoms with Crippen molar-refractivity contribution in [2.75, 3.05) is 20.3 Å². The Morgan fingerprint density at radius 2 is 1.92 bits per heavy atom. The lowest BCUT2D eigenvalue weighted by Crippen LogP contribution is -2.40. The Morgan fingerprint density at radius 3 is 2.58 bits per heavy atom. The first kappa shape index (κ1) is 18.7. The number of benzene rings is 1. The summed E-state index contributed by atoms with van der Waals surface area (Å²) in [4.78, 5) is 14.3. The Kier molecular flexibility index (Phi) is 5.84. The molecule has 140 valence electrons. The fourth-order valence-corrected chi connectivity index (χ4v) is 3.15. The summed E-state index contributed by atoms with van der Waals surface area (Å²) < 4.78 is 16.3. The molecule has 3 rings (SSSR count). The van der Waals surface area contributed by atoms with Crippen molar-refractivity contribution in [1.29, 1.82) is 0 Å². The van der Waals surface area contributed by atoms with Crippen LogP contribution in [0.5, 0.6) is 5.75 Å². The third-order valence-electron chi connectivity index (χ3n) is 4.63. The zero-order valence-corrected chi connectivity index (χ0v) is 16.0. The minimum absolute atomic E-state index is 0.148. The van der Waals surface area contributed by atoms with Gasteiger partial charge in [-0.3, -0.25) is 4.79 Å². The van der Waals surface area contributed by atoms with E-state index in [1.54, 1.807) is 18.0 Å². The van der Waals surface area contributed by atoms with Gasteiger partial charge in [0.15, 0.2) is 11.5 Å². The van der Waals surface area contributed by atoms with E-state index in [1.165, 1.54) is 0 Å². The second-order valence-electron chi connectivity index (χ2n) is 6.60. The highest BCUT2D eigenvalue weighted by Gasteiger charge is 2.25. The van der Waals surface area contributed by atoms with Crippen molar-refractivity contribution in [1.82, 2.24) is 10.1 Å². The van der Waals surface area contributed by atoms with Crippen molar-refractivity contribution in [3.8, 4) is 5.75 Å². The number of hydrogen-bond acceptors (Lipinski definition) is 5. The lowest BCUT2D eigenvalue weighted by molar-refractivity contribution is 0.0356. The molecule has 2 heterocycles. The standard InChI is InChI=1S/C19H23ClN2O4/c1-12-8-15(9-13(2)18(12)20)25-11-16-10-17(21-26-16)19(23)22(3)14-4-6-24-7-5-14/h8-10,14H,4-7,11H2,1-3H3. The van der Waals surface area contributed by atoms with E-state index in [4.69, 9.17) is 25.6 Å². The molecule has 6 nitrogen and oxygen atoms in total. The third-order valence-corrected chi connectivity index (χ3v) is 5.22. The Balaban J connectivity index is 1.61. The Bertz CT molecular complexity index is 761. The van der Waals surface area contributed by atoms with Crippen LogP contribution in [0.1, 0.15) is 40.2 Å². The number of carbonyl (C=O) groups excluding carboxylic acids is 1. The normalized spacial score (nSPS) is 15.1.